The number of rotatable bonds is 3. The van der Waals surface area contributed by atoms with Crippen molar-refractivity contribution in [2.45, 2.75) is 25.3 Å². The lowest BCUT2D eigenvalue weighted by molar-refractivity contribution is -0.145. The predicted octanol–water partition coefficient (Wildman–Crippen LogP) is 0.467. The van der Waals surface area contributed by atoms with Gasteiger partial charge in [-0.1, -0.05) is 0 Å². The zero-order valence-corrected chi connectivity index (χ0v) is 12.6. The van der Waals surface area contributed by atoms with Crippen LogP contribution in [-0.4, -0.2) is 59.5 Å². The summed E-state index contributed by atoms with van der Waals surface area (Å²) in [5.74, 6) is 0.107. The number of nitrogens with zero attached hydrogens (tertiary/aromatic N) is 4. The fourth-order valence-electron chi connectivity index (χ4n) is 3.25. The van der Waals surface area contributed by atoms with Crippen LogP contribution in [0, 0.1) is 5.92 Å². The van der Waals surface area contributed by atoms with Crippen LogP contribution in [0.5, 0.6) is 0 Å². The highest BCUT2D eigenvalue weighted by Crippen LogP contribution is 2.26. The van der Waals surface area contributed by atoms with Gasteiger partial charge < -0.3 is 14.5 Å². The van der Waals surface area contributed by atoms with Crippen molar-refractivity contribution in [3.05, 3.63) is 18.5 Å². The van der Waals surface area contributed by atoms with Crippen LogP contribution < -0.4 is 4.90 Å². The molecule has 0 aromatic carbocycles. The highest BCUT2D eigenvalue weighted by molar-refractivity contribution is 5.87. The second kappa shape index (κ2) is 6.29. The summed E-state index contributed by atoms with van der Waals surface area (Å²) >= 11 is 0. The van der Waals surface area contributed by atoms with Gasteiger partial charge in [-0.2, -0.15) is 0 Å². The van der Waals surface area contributed by atoms with Gasteiger partial charge in [-0.25, -0.2) is 9.97 Å². The zero-order valence-electron chi connectivity index (χ0n) is 12.6. The molecule has 118 valence electrons. The van der Waals surface area contributed by atoms with Gasteiger partial charge in [0.25, 0.3) is 0 Å². The van der Waals surface area contributed by atoms with Crippen molar-refractivity contribution >= 4 is 17.8 Å². The second-order valence-electron chi connectivity index (χ2n) is 5.76. The van der Waals surface area contributed by atoms with Gasteiger partial charge in [-0.05, 0) is 18.9 Å². The molecule has 2 unspecified atom stereocenters. The van der Waals surface area contributed by atoms with Crippen LogP contribution in [0.1, 0.15) is 19.3 Å². The van der Waals surface area contributed by atoms with E-state index in [9.17, 15) is 9.59 Å². The van der Waals surface area contributed by atoms with Crippen LogP contribution in [-0.2, 0) is 14.3 Å². The Kier molecular flexibility index (Phi) is 4.22. The minimum absolute atomic E-state index is 0.0382. The Morgan fingerprint density at radius 2 is 2.09 bits per heavy atom. The normalized spacial score (nSPS) is 25.4. The average Bonchev–Trinajstić information content (AvgIpc) is 2.97. The molecule has 2 fully saturated rings. The first-order valence-electron chi connectivity index (χ1n) is 7.58. The fourth-order valence-corrected chi connectivity index (χ4v) is 3.25. The molecule has 2 aliphatic heterocycles. The molecule has 0 spiro atoms. The Morgan fingerprint density at radius 3 is 2.82 bits per heavy atom. The van der Waals surface area contributed by atoms with E-state index in [0.717, 1.165) is 19.4 Å². The highest BCUT2D eigenvalue weighted by Gasteiger charge is 2.39. The second-order valence-corrected chi connectivity index (χ2v) is 5.76. The molecule has 0 bridgehead atoms. The van der Waals surface area contributed by atoms with Crippen molar-refractivity contribution in [3.63, 3.8) is 0 Å². The summed E-state index contributed by atoms with van der Waals surface area (Å²) in [6.07, 6.45) is 5.63. The quantitative estimate of drug-likeness (QED) is 0.756. The standard InChI is InChI=1S/C15H20N4O3/c1-22-14(21)11-8-13(20)19(9-11)12-4-2-7-18(10-12)15-16-5-3-6-17-15/h3,5-6,11-12H,2,4,7-10H2,1H3. The smallest absolute Gasteiger partial charge is 0.310 e. The van der Waals surface area contributed by atoms with Gasteiger partial charge >= 0.3 is 5.97 Å². The molecule has 2 saturated heterocycles. The molecule has 1 amide bonds. The molecule has 3 rings (SSSR count). The number of amides is 1. The number of carbonyl (C=O) groups is 2. The Morgan fingerprint density at radius 1 is 1.32 bits per heavy atom. The Bertz CT molecular complexity index is 551. The van der Waals surface area contributed by atoms with Crippen molar-refractivity contribution < 1.29 is 14.3 Å². The molecule has 0 N–H and O–H groups in total. The molecule has 0 saturated carbocycles. The summed E-state index contributed by atoms with van der Waals surface area (Å²) in [4.78, 5) is 36.3. The fraction of sp³-hybridized carbons (Fsp3) is 0.600. The van der Waals surface area contributed by atoms with E-state index in [2.05, 4.69) is 14.9 Å². The van der Waals surface area contributed by atoms with E-state index < -0.39 is 0 Å². The topological polar surface area (TPSA) is 75.6 Å². The lowest BCUT2D eigenvalue weighted by Gasteiger charge is -2.37. The highest BCUT2D eigenvalue weighted by atomic mass is 16.5. The Balaban J connectivity index is 1.67. The number of likely N-dealkylation sites (tertiary alicyclic amines) is 1. The number of hydrogen-bond acceptors (Lipinski definition) is 6. The molecule has 0 radical (unpaired) electrons. The van der Waals surface area contributed by atoms with Crippen LogP contribution in [0.4, 0.5) is 5.95 Å². The molecule has 2 atom stereocenters. The van der Waals surface area contributed by atoms with Crippen LogP contribution in [0.25, 0.3) is 0 Å². The van der Waals surface area contributed by atoms with E-state index >= 15 is 0 Å². The third-order valence-electron chi connectivity index (χ3n) is 4.37. The van der Waals surface area contributed by atoms with E-state index in [1.807, 2.05) is 4.90 Å². The Hall–Kier alpha value is -2.18. The molecular weight excluding hydrogens is 284 g/mol. The number of methoxy groups -OCH3 is 1. The average molecular weight is 304 g/mol. The number of anilines is 1. The van der Waals surface area contributed by atoms with Crippen molar-refractivity contribution in [2.75, 3.05) is 31.6 Å². The van der Waals surface area contributed by atoms with Crippen LogP contribution in [0.2, 0.25) is 0 Å². The summed E-state index contributed by atoms with van der Waals surface area (Å²) in [5, 5.41) is 0. The van der Waals surface area contributed by atoms with Gasteiger partial charge in [-0.3, -0.25) is 9.59 Å². The summed E-state index contributed by atoms with van der Waals surface area (Å²) in [5.41, 5.74) is 0. The molecule has 22 heavy (non-hydrogen) atoms. The largest absolute Gasteiger partial charge is 0.469 e. The minimum atomic E-state index is -0.333. The zero-order chi connectivity index (χ0) is 15.5. The summed E-state index contributed by atoms with van der Waals surface area (Å²) in [6, 6.07) is 1.90. The van der Waals surface area contributed by atoms with Gasteiger partial charge in [0.2, 0.25) is 11.9 Å². The summed E-state index contributed by atoms with van der Waals surface area (Å²) in [7, 11) is 1.37. The van der Waals surface area contributed by atoms with Crippen LogP contribution in [0.15, 0.2) is 18.5 Å². The van der Waals surface area contributed by atoms with E-state index in [0.29, 0.717) is 19.0 Å². The number of hydrogen-bond donors (Lipinski definition) is 0. The van der Waals surface area contributed by atoms with Crippen molar-refractivity contribution in [1.29, 1.82) is 0 Å². The molecule has 1 aromatic rings. The SMILES string of the molecule is COC(=O)C1CC(=O)N(C2CCCN(c3ncccn3)C2)C1. The first kappa shape index (κ1) is 14.7. The minimum Gasteiger partial charge on any atom is -0.469 e. The molecule has 2 aliphatic rings. The first-order valence-corrected chi connectivity index (χ1v) is 7.58. The van der Waals surface area contributed by atoms with Gasteiger partial charge in [0.1, 0.15) is 0 Å². The number of carbonyl (C=O) groups excluding carboxylic acids is 2. The van der Waals surface area contributed by atoms with Gasteiger partial charge in [0.05, 0.1) is 13.0 Å². The first-order chi connectivity index (χ1) is 10.7. The lowest BCUT2D eigenvalue weighted by atomic mass is 10.0. The lowest BCUT2D eigenvalue weighted by Crippen LogP contribution is -2.49. The van der Waals surface area contributed by atoms with E-state index in [4.69, 9.17) is 4.74 Å². The maximum Gasteiger partial charge on any atom is 0.310 e. The van der Waals surface area contributed by atoms with Gasteiger partial charge in [0, 0.05) is 44.5 Å². The summed E-state index contributed by atoms with van der Waals surface area (Å²) in [6.45, 7) is 2.06. The molecule has 0 aliphatic carbocycles. The monoisotopic (exact) mass is 304 g/mol. The van der Waals surface area contributed by atoms with E-state index in [-0.39, 0.29) is 30.3 Å². The molecule has 7 nitrogen and oxygen atoms in total. The molecule has 1 aromatic heterocycles. The van der Waals surface area contributed by atoms with E-state index in [1.165, 1.54) is 7.11 Å². The van der Waals surface area contributed by atoms with Crippen LogP contribution in [0.3, 0.4) is 0 Å². The van der Waals surface area contributed by atoms with Crippen molar-refractivity contribution in [2.24, 2.45) is 5.92 Å². The third-order valence-corrected chi connectivity index (χ3v) is 4.37. The number of piperidine rings is 1. The molecule has 7 heteroatoms. The maximum atomic E-state index is 12.2. The van der Waals surface area contributed by atoms with Crippen molar-refractivity contribution in [1.82, 2.24) is 14.9 Å². The number of aromatic nitrogens is 2. The van der Waals surface area contributed by atoms with E-state index in [1.54, 1.807) is 18.5 Å². The van der Waals surface area contributed by atoms with Crippen molar-refractivity contribution in [3.8, 4) is 0 Å². The van der Waals surface area contributed by atoms with Gasteiger partial charge in [-0.15, -0.1) is 0 Å². The molecule has 3 heterocycles. The van der Waals surface area contributed by atoms with Crippen LogP contribution >= 0.6 is 0 Å². The number of esters is 1. The van der Waals surface area contributed by atoms with Gasteiger partial charge in [0.15, 0.2) is 0 Å². The summed E-state index contributed by atoms with van der Waals surface area (Å²) < 4.78 is 4.76. The third kappa shape index (κ3) is 2.88. The Labute approximate surface area is 129 Å². The molecular formula is C15H20N4O3. The number of ether oxygens (including phenoxy) is 1. The predicted molar refractivity (Wildman–Crippen MR) is 79.1 cm³/mol. The maximum absolute atomic E-state index is 12.2.